The fourth-order valence-electron chi connectivity index (χ4n) is 3.69. The van der Waals surface area contributed by atoms with E-state index in [1.54, 1.807) is 24.4 Å². The SMILES string of the molecule is C[C@]12CCCC[C@H]1[C@H]2C(=O)N/N=C\c1ccc(O)c(Br)c1. The quantitative estimate of drug-likeness (QED) is 0.647. The Hall–Kier alpha value is -1.36. The van der Waals surface area contributed by atoms with Gasteiger partial charge in [-0.3, -0.25) is 4.79 Å². The Kier molecular flexibility index (Phi) is 3.78. The highest BCUT2D eigenvalue weighted by molar-refractivity contribution is 9.10. The molecule has 5 heteroatoms. The number of phenols is 1. The van der Waals surface area contributed by atoms with Gasteiger partial charge in [-0.2, -0.15) is 5.10 Å². The molecular weight excluding hydrogens is 332 g/mol. The molecule has 0 bridgehead atoms. The summed E-state index contributed by atoms with van der Waals surface area (Å²) in [6, 6.07) is 5.08. The van der Waals surface area contributed by atoms with Gasteiger partial charge in [0.1, 0.15) is 5.75 Å². The number of nitrogens with zero attached hydrogens (tertiary/aromatic N) is 1. The average Bonchev–Trinajstić information content (AvgIpc) is 3.08. The second kappa shape index (κ2) is 5.44. The van der Waals surface area contributed by atoms with Crippen LogP contribution in [0.5, 0.6) is 5.75 Å². The Morgan fingerprint density at radius 2 is 2.33 bits per heavy atom. The zero-order valence-electron chi connectivity index (χ0n) is 12.0. The summed E-state index contributed by atoms with van der Waals surface area (Å²) < 4.78 is 0.610. The molecule has 21 heavy (non-hydrogen) atoms. The van der Waals surface area contributed by atoms with Crippen LogP contribution in [0.25, 0.3) is 0 Å². The van der Waals surface area contributed by atoms with E-state index in [0.29, 0.717) is 10.4 Å². The molecule has 0 spiro atoms. The first kappa shape index (κ1) is 14.6. The number of hydrogen-bond acceptors (Lipinski definition) is 3. The minimum absolute atomic E-state index is 0.0403. The number of halogens is 1. The van der Waals surface area contributed by atoms with Gasteiger partial charge >= 0.3 is 0 Å². The highest BCUT2D eigenvalue weighted by atomic mass is 79.9. The molecule has 2 aliphatic carbocycles. The molecule has 1 aromatic rings. The number of fused-ring (bicyclic) bond motifs is 1. The van der Waals surface area contributed by atoms with Gasteiger partial charge in [0.25, 0.3) is 0 Å². The van der Waals surface area contributed by atoms with Gasteiger partial charge in [-0.25, -0.2) is 5.43 Å². The van der Waals surface area contributed by atoms with Crippen molar-refractivity contribution in [1.82, 2.24) is 5.43 Å². The number of hydrazone groups is 1. The Labute approximate surface area is 132 Å². The van der Waals surface area contributed by atoms with Crippen molar-refractivity contribution < 1.29 is 9.90 Å². The lowest BCUT2D eigenvalue weighted by molar-refractivity contribution is -0.123. The number of phenolic OH excluding ortho intramolecular Hbond substituents is 1. The molecule has 0 radical (unpaired) electrons. The summed E-state index contributed by atoms with van der Waals surface area (Å²) in [6.45, 7) is 2.22. The molecule has 2 N–H and O–H groups in total. The normalized spacial score (nSPS) is 31.0. The van der Waals surface area contributed by atoms with Gasteiger partial charge in [0.05, 0.1) is 10.7 Å². The maximum Gasteiger partial charge on any atom is 0.244 e. The van der Waals surface area contributed by atoms with E-state index in [9.17, 15) is 9.90 Å². The molecule has 0 aliphatic heterocycles. The first-order chi connectivity index (χ1) is 10.0. The van der Waals surface area contributed by atoms with E-state index in [0.717, 1.165) is 12.0 Å². The van der Waals surface area contributed by atoms with Crippen LogP contribution in [-0.2, 0) is 4.79 Å². The molecule has 3 rings (SSSR count). The van der Waals surface area contributed by atoms with Gasteiger partial charge in [0.2, 0.25) is 5.91 Å². The van der Waals surface area contributed by atoms with Crippen LogP contribution in [0.4, 0.5) is 0 Å². The molecule has 2 saturated carbocycles. The smallest absolute Gasteiger partial charge is 0.244 e. The molecule has 0 unspecified atom stereocenters. The average molecular weight is 351 g/mol. The highest BCUT2D eigenvalue weighted by Crippen LogP contribution is 2.66. The van der Waals surface area contributed by atoms with Crippen molar-refractivity contribution in [2.24, 2.45) is 22.4 Å². The van der Waals surface area contributed by atoms with Gasteiger partial charge in [0.15, 0.2) is 0 Å². The van der Waals surface area contributed by atoms with E-state index < -0.39 is 0 Å². The number of carbonyl (C=O) groups excluding carboxylic acids is 1. The van der Waals surface area contributed by atoms with E-state index in [-0.39, 0.29) is 23.0 Å². The lowest BCUT2D eigenvalue weighted by atomic mass is 9.90. The van der Waals surface area contributed by atoms with Crippen molar-refractivity contribution in [3.63, 3.8) is 0 Å². The van der Waals surface area contributed by atoms with Gasteiger partial charge in [0, 0.05) is 5.92 Å². The van der Waals surface area contributed by atoms with Crippen molar-refractivity contribution in [2.45, 2.75) is 32.6 Å². The molecule has 0 aromatic heterocycles. The molecule has 2 fully saturated rings. The lowest BCUT2D eigenvalue weighted by Crippen LogP contribution is -2.22. The summed E-state index contributed by atoms with van der Waals surface area (Å²) in [7, 11) is 0. The Balaban J connectivity index is 1.59. The van der Waals surface area contributed by atoms with Gasteiger partial charge < -0.3 is 5.11 Å². The maximum atomic E-state index is 12.2. The predicted molar refractivity (Wildman–Crippen MR) is 85.1 cm³/mol. The lowest BCUT2D eigenvalue weighted by Gasteiger charge is -2.15. The van der Waals surface area contributed by atoms with E-state index >= 15 is 0 Å². The van der Waals surface area contributed by atoms with E-state index in [2.05, 4.69) is 33.4 Å². The molecular formula is C16H19BrN2O2. The number of rotatable bonds is 3. The molecule has 2 aliphatic rings. The summed E-state index contributed by atoms with van der Waals surface area (Å²) in [5, 5.41) is 13.5. The molecule has 1 aromatic carbocycles. The standard InChI is InChI=1S/C16H19BrN2O2/c1-16-7-3-2-4-11(16)14(16)15(21)19-18-9-10-5-6-13(20)12(17)8-10/h5-6,8-9,11,14,20H,2-4,7H2,1H3,(H,19,21)/b18-9-/t11-,14-,16-/m0/s1. The van der Waals surface area contributed by atoms with Crippen LogP contribution in [0.3, 0.4) is 0 Å². The molecule has 3 atom stereocenters. The number of amides is 1. The van der Waals surface area contributed by atoms with Crippen LogP contribution in [0.2, 0.25) is 0 Å². The Morgan fingerprint density at radius 1 is 1.52 bits per heavy atom. The summed E-state index contributed by atoms with van der Waals surface area (Å²) in [5.74, 6) is 0.901. The maximum absolute atomic E-state index is 12.2. The first-order valence-corrected chi connectivity index (χ1v) is 8.13. The number of nitrogens with one attached hydrogen (secondary N) is 1. The largest absolute Gasteiger partial charge is 0.507 e. The van der Waals surface area contributed by atoms with Crippen molar-refractivity contribution in [3.8, 4) is 5.75 Å². The van der Waals surface area contributed by atoms with Crippen LogP contribution in [0, 0.1) is 17.3 Å². The van der Waals surface area contributed by atoms with Crippen LogP contribution < -0.4 is 5.43 Å². The third kappa shape index (κ3) is 2.71. The van der Waals surface area contributed by atoms with Crippen molar-refractivity contribution in [3.05, 3.63) is 28.2 Å². The molecule has 4 nitrogen and oxygen atoms in total. The number of aromatic hydroxyl groups is 1. The van der Waals surface area contributed by atoms with Gasteiger partial charge in [-0.15, -0.1) is 0 Å². The van der Waals surface area contributed by atoms with E-state index in [1.165, 1.54) is 19.3 Å². The number of hydrogen-bond donors (Lipinski definition) is 2. The first-order valence-electron chi connectivity index (χ1n) is 7.34. The van der Waals surface area contributed by atoms with Crippen LogP contribution in [0.15, 0.2) is 27.8 Å². The van der Waals surface area contributed by atoms with Crippen LogP contribution in [-0.4, -0.2) is 17.2 Å². The van der Waals surface area contributed by atoms with E-state index in [1.807, 2.05) is 0 Å². The van der Waals surface area contributed by atoms with Crippen LogP contribution >= 0.6 is 15.9 Å². The highest BCUT2D eigenvalue weighted by Gasteiger charge is 2.64. The minimum atomic E-state index is 0.0403. The van der Waals surface area contributed by atoms with Gasteiger partial charge in [-0.05, 0) is 63.9 Å². The number of carbonyl (C=O) groups is 1. The monoisotopic (exact) mass is 350 g/mol. The third-order valence-corrected chi connectivity index (χ3v) is 5.61. The van der Waals surface area contributed by atoms with Crippen LogP contribution in [0.1, 0.15) is 38.2 Å². The number of benzene rings is 1. The van der Waals surface area contributed by atoms with Crippen molar-refractivity contribution in [1.29, 1.82) is 0 Å². The summed E-state index contributed by atoms with van der Waals surface area (Å²) >= 11 is 3.25. The van der Waals surface area contributed by atoms with E-state index in [4.69, 9.17) is 0 Å². The molecule has 1 amide bonds. The minimum Gasteiger partial charge on any atom is -0.507 e. The zero-order chi connectivity index (χ0) is 15.0. The Bertz CT molecular complexity index is 602. The zero-order valence-corrected chi connectivity index (χ0v) is 13.6. The topological polar surface area (TPSA) is 61.7 Å². The predicted octanol–water partition coefficient (Wildman–Crippen LogP) is 3.43. The fraction of sp³-hybridized carbons (Fsp3) is 0.500. The Morgan fingerprint density at radius 3 is 3.00 bits per heavy atom. The third-order valence-electron chi connectivity index (χ3n) is 4.97. The molecule has 112 valence electrons. The van der Waals surface area contributed by atoms with Crippen molar-refractivity contribution in [2.75, 3.05) is 0 Å². The second-order valence-electron chi connectivity index (χ2n) is 6.28. The van der Waals surface area contributed by atoms with Gasteiger partial charge in [-0.1, -0.05) is 19.8 Å². The summed E-state index contributed by atoms with van der Waals surface area (Å²) in [5.41, 5.74) is 3.69. The molecule has 0 heterocycles. The second-order valence-corrected chi connectivity index (χ2v) is 7.14. The fourth-order valence-corrected chi connectivity index (χ4v) is 4.09. The molecule has 0 saturated heterocycles. The summed E-state index contributed by atoms with van der Waals surface area (Å²) in [4.78, 5) is 12.2. The summed E-state index contributed by atoms with van der Waals surface area (Å²) in [6.07, 6.45) is 6.40. The van der Waals surface area contributed by atoms with Crippen molar-refractivity contribution >= 4 is 28.1 Å².